The third-order valence-corrected chi connectivity index (χ3v) is 7.13. The van der Waals surface area contributed by atoms with Crippen molar-refractivity contribution in [1.82, 2.24) is 9.88 Å². The summed E-state index contributed by atoms with van der Waals surface area (Å²) in [6.45, 7) is 4.66. The number of aryl methyl sites for hydroxylation is 2. The Morgan fingerprint density at radius 1 is 0.970 bits per heavy atom. The van der Waals surface area contributed by atoms with Gasteiger partial charge >= 0.3 is 6.18 Å². The van der Waals surface area contributed by atoms with Crippen LogP contribution in [0.4, 0.5) is 13.2 Å². The summed E-state index contributed by atoms with van der Waals surface area (Å²) in [7, 11) is 0. The normalized spacial score (nSPS) is 15.0. The summed E-state index contributed by atoms with van der Waals surface area (Å²) in [6, 6.07) is 12.3. The maximum Gasteiger partial charge on any atom is 0.416 e. The third-order valence-electron chi connectivity index (χ3n) is 5.94. The molecule has 4 nitrogen and oxygen atoms in total. The van der Waals surface area contributed by atoms with Crippen LogP contribution in [0.25, 0.3) is 10.6 Å². The van der Waals surface area contributed by atoms with Gasteiger partial charge in [-0.3, -0.25) is 9.59 Å². The van der Waals surface area contributed by atoms with Crippen LogP contribution in [-0.4, -0.2) is 34.7 Å². The molecule has 0 saturated carbocycles. The molecule has 2 heterocycles. The number of nitrogens with zero attached hydrogens (tertiary/aromatic N) is 2. The predicted molar refractivity (Wildman–Crippen MR) is 121 cm³/mol. The van der Waals surface area contributed by atoms with Crippen LogP contribution in [0.2, 0.25) is 0 Å². The van der Waals surface area contributed by atoms with Crippen LogP contribution in [0, 0.1) is 19.8 Å². The lowest BCUT2D eigenvalue weighted by atomic mass is 9.88. The maximum absolute atomic E-state index is 13.1. The Balaban J connectivity index is 1.42. The van der Waals surface area contributed by atoms with Gasteiger partial charge in [0.05, 0.1) is 11.3 Å². The number of benzene rings is 2. The molecule has 0 aliphatic carbocycles. The van der Waals surface area contributed by atoms with Gasteiger partial charge in [-0.1, -0.05) is 42.0 Å². The third kappa shape index (κ3) is 5.00. The monoisotopic (exact) mass is 472 g/mol. The fourth-order valence-electron chi connectivity index (χ4n) is 3.96. The first kappa shape index (κ1) is 23.2. The first-order valence-corrected chi connectivity index (χ1v) is 11.5. The van der Waals surface area contributed by atoms with E-state index in [9.17, 15) is 22.8 Å². The molecule has 0 atom stereocenters. The van der Waals surface area contributed by atoms with Crippen molar-refractivity contribution in [3.63, 3.8) is 0 Å². The number of piperidine rings is 1. The van der Waals surface area contributed by atoms with E-state index < -0.39 is 11.7 Å². The molecular weight excluding hydrogens is 449 g/mol. The Hall–Kier alpha value is -3.00. The van der Waals surface area contributed by atoms with Crippen LogP contribution in [0.1, 0.15) is 49.7 Å². The maximum atomic E-state index is 13.1. The number of carbonyl (C=O) groups excluding carboxylic acids is 2. The zero-order chi connectivity index (χ0) is 23.8. The molecule has 0 unspecified atom stereocenters. The molecule has 8 heteroatoms. The van der Waals surface area contributed by atoms with Gasteiger partial charge in [0.2, 0.25) is 0 Å². The highest BCUT2D eigenvalue weighted by Gasteiger charge is 2.31. The van der Waals surface area contributed by atoms with E-state index in [1.54, 1.807) is 11.8 Å². The van der Waals surface area contributed by atoms with Gasteiger partial charge in [0.15, 0.2) is 5.78 Å². The zero-order valence-electron chi connectivity index (χ0n) is 18.3. The Kier molecular flexibility index (Phi) is 6.38. The number of ketones is 1. The molecule has 1 amide bonds. The SMILES string of the molecule is Cc1ccc(C(=O)C2CCN(C(=O)c3sc(-c4ccc(C(F)(F)F)cc4)nc3C)CC2)cc1. The zero-order valence-corrected chi connectivity index (χ0v) is 19.1. The molecule has 4 rings (SSSR count). The fraction of sp³-hybridized carbons (Fsp3) is 0.320. The number of rotatable bonds is 4. The summed E-state index contributed by atoms with van der Waals surface area (Å²) in [5, 5.41) is 0.508. The van der Waals surface area contributed by atoms with Crippen molar-refractivity contribution in [3.8, 4) is 10.6 Å². The van der Waals surface area contributed by atoms with Crippen molar-refractivity contribution in [2.24, 2.45) is 5.92 Å². The second-order valence-electron chi connectivity index (χ2n) is 8.31. The van der Waals surface area contributed by atoms with E-state index >= 15 is 0 Å². The number of hydrogen-bond acceptors (Lipinski definition) is 4. The van der Waals surface area contributed by atoms with E-state index in [1.165, 1.54) is 23.5 Å². The largest absolute Gasteiger partial charge is 0.416 e. The van der Waals surface area contributed by atoms with Gasteiger partial charge in [0.25, 0.3) is 5.91 Å². The van der Waals surface area contributed by atoms with Crippen LogP contribution in [0.3, 0.4) is 0 Å². The number of aromatic nitrogens is 1. The molecule has 2 aromatic carbocycles. The van der Waals surface area contributed by atoms with Crippen LogP contribution in [-0.2, 0) is 6.18 Å². The number of hydrogen-bond donors (Lipinski definition) is 0. The van der Waals surface area contributed by atoms with Gasteiger partial charge in [-0.15, -0.1) is 11.3 Å². The second-order valence-corrected chi connectivity index (χ2v) is 9.30. The molecule has 1 aromatic heterocycles. The van der Waals surface area contributed by atoms with Gasteiger partial charge in [0.1, 0.15) is 9.88 Å². The van der Waals surface area contributed by atoms with Gasteiger partial charge in [0, 0.05) is 30.1 Å². The van der Waals surface area contributed by atoms with Crippen LogP contribution in [0.15, 0.2) is 48.5 Å². The molecule has 0 N–H and O–H groups in total. The summed E-state index contributed by atoms with van der Waals surface area (Å²) in [5.41, 5.74) is 2.17. The molecule has 1 saturated heterocycles. The van der Waals surface area contributed by atoms with Crippen molar-refractivity contribution in [1.29, 1.82) is 0 Å². The number of alkyl halides is 3. The van der Waals surface area contributed by atoms with E-state index in [0.717, 1.165) is 17.7 Å². The van der Waals surface area contributed by atoms with Crippen molar-refractivity contribution < 1.29 is 22.8 Å². The fourth-order valence-corrected chi connectivity index (χ4v) is 5.00. The van der Waals surface area contributed by atoms with Gasteiger partial charge in [-0.05, 0) is 38.8 Å². The highest BCUT2D eigenvalue weighted by Crippen LogP contribution is 2.34. The molecule has 1 aliphatic rings. The van der Waals surface area contributed by atoms with Gasteiger partial charge < -0.3 is 4.90 Å². The molecular formula is C25H23F3N2O2S. The van der Waals surface area contributed by atoms with Crippen LogP contribution < -0.4 is 0 Å². The lowest BCUT2D eigenvalue weighted by Crippen LogP contribution is -2.40. The topological polar surface area (TPSA) is 50.3 Å². The number of amides is 1. The van der Waals surface area contributed by atoms with Crippen molar-refractivity contribution in [2.45, 2.75) is 32.9 Å². The average molecular weight is 473 g/mol. The Morgan fingerprint density at radius 2 is 1.58 bits per heavy atom. The Bertz CT molecular complexity index is 1160. The lowest BCUT2D eigenvalue weighted by molar-refractivity contribution is -0.137. The molecule has 0 spiro atoms. The highest BCUT2D eigenvalue weighted by molar-refractivity contribution is 7.17. The minimum atomic E-state index is -4.40. The van der Waals surface area contributed by atoms with E-state index in [1.807, 2.05) is 31.2 Å². The molecule has 0 radical (unpaired) electrons. The van der Waals surface area contributed by atoms with Crippen molar-refractivity contribution >= 4 is 23.0 Å². The van der Waals surface area contributed by atoms with Crippen molar-refractivity contribution in [2.75, 3.05) is 13.1 Å². The molecule has 3 aromatic rings. The Labute approximate surface area is 194 Å². The van der Waals surface area contributed by atoms with Gasteiger partial charge in [-0.2, -0.15) is 13.2 Å². The quantitative estimate of drug-likeness (QED) is 0.426. The summed E-state index contributed by atoms with van der Waals surface area (Å²) in [6.07, 6.45) is -3.20. The number of likely N-dealkylation sites (tertiary alicyclic amines) is 1. The second kappa shape index (κ2) is 9.09. The lowest BCUT2D eigenvalue weighted by Gasteiger charge is -2.31. The van der Waals surface area contributed by atoms with Crippen LogP contribution >= 0.6 is 11.3 Å². The highest BCUT2D eigenvalue weighted by atomic mass is 32.1. The van der Waals surface area contributed by atoms with E-state index in [4.69, 9.17) is 0 Å². The minimum Gasteiger partial charge on any atom is -0.338 e. The number of Topliss-reactive ketones (excluding diaryl/α,β-unsaturated/α-hetero) is 1. The van der Waals surface area contributed by atoms with E-state index in [-0.39, 0.29) is 17.6 Å². The van der Waals surface area contributed by atoms with Crippen LogP contribution in [0.5, 0.6) is 0 Å². The molecule has 0 bridgehead atoms. The number of halogens is 3. The minimum absolute atomic E-state index is 0.109. The Morgan fingerprint density at radius 3 is 2.15 bits per heavy atom. The van der Waals surface area contributed by atoms with E-state index in [0.29, 0.717) is 52.6 Å². The number of carbonyl (C=O) groups is 2. The van der Waals surface area contributed by atoms with E-state index in [2.05, 4.69) is 4.98 Å². The summed E-state index contributed by atoms with van der Waals surface area (Å²) in [4.78, 5) is 32.5. The number of thiazole rings is 1. The first-order chi connectivity index (χ1) is 15.6. The smallest absolute Gasteiger partial charge is 0.338 e. The first-order valence-electron chi connectivity index (χ1n) is 10.7. The van der Waals surface area contributed by atoms with Crippen molar-refractivity contribution in [3.05, 3.63) is 75.8 Å². The summed E-state index contributed by atoms with van der Waals surface area (Å²) < 4.78 is 38.4. The molecule has 1 aliphatic heterocycles. The average Bonchev–Trinajstić information content (AvgIpc) is 3.20. The predicted octanol–water partition coefficient (Wildman–Crippen LogP) is 6.18. The standard InChI is InChI=1S/C25H23F3N2O2S/c1-15-3-5-17(6-4-15)21(31)18-11-13-30(14-12-18)24(32)22-16(2)29-23(33-22)19-7-9-20(10-8-19)25(26,27)28/h3-10,18H,11-14H2,1-2H3. The summed E-state index contributed by atoms with van der Waals surface area (Å²) in [5.74, 6) is -0.146. The van der Waals surface area contributed by atoms with Gasteiger partial charge in [-0.25, -0.2) is 4.98 Å². The molecule has 172 valence electrons. The summed E-state index contributed by atoms with van der Waals surface area (Å²) >= 11 is 1.18. The molecule has 33 heavy (non-hydrogen) atoms. The molecule has 1 fully saturated rings.